The number of hydrogen-bond acceptors (Lipinski definition) is 4. The third-order valence-electron chi connectivity index (χ3n) is 9.08. The van der Waals surface area contributed by atoms with Gasteiger partial charge in [0.1, 0.15) is 0 Å². The first-order valence-corrected chi connectivity index (χ1v) is 14.4. The maximum Gasteiger partial charge on any atom is 0.253 e. The summed E-state index contributed by atoms with van der Waals surface area (Å²) < 4.78 is 0. The monoisotopic (exact) mass is 542 g/mol. The van der Waals surface area contributed by atoms with Crippen molar-refractivity contribution in [3.05, 3.63) is 94.3 Å². The summed E-state index contributed by atoms with van der Waals surface area (Å²) in [6.45, 7) is 4.98. The van der Waals surface area contributed by atoms with E-state index < -0.39 is 0 Å². The Bertz CT molecular complexity index is 1340. The number of nitrogens with zero attached hydrogens (tertiary/aromatic N) is 4. The lowest BCUT2D eigenvalue weighted by atomic mass is 9.71. The molecule has 3 aliphatic rings. The van der Waals surface area contributed by atoms with Gasteiger partial charge < -0.3 is 14.7 Å². The van der Waals surface area contributed by atoms with Gasteiger partial charge in [0.05, 0.1) is 6.42 Å². The fourth-order valence-electron chi connectivity index (χ4n) is 6.48. The van der Waals surface area contributed by atoms with Crippen molar-refractivity contribution in [2.24, 2.45) is 5.41 Å². The standard InChI is InChI=1S/C32H35ClN4O2/c33-29-4-2-1-3-25(29)22-30(38)37-16-9-24-5-6-26(21-27(24)23-37)31(39)36-19-12-32(13-20-36)10-17-35(18-11-32)28-7-14-34-15-8-28/h1-8,14-15,21H,9-13,16-20,22-23H2. The summed E-state index contributed by atoms with van der Waals surface area (Å²) >= 11 is 6.28. The van der Waals surface area contributed by atoms with Crippen molar-refractivity contribution in [2.45, 2.75) is 45.1 Å². The highest BCUT2D eigenvalue weighted by Crippen LogP contribution is 2.42. The van der Waals surface area contributed by atoms with Crippen molar-refractivity contribution < 1.29 is 9.59 Å². The molecule has 0 radical (unpaired) electrons. The Morgan fingerprint density at radius 1 is 0.821 bits per heavy atom. The number of halogens is 1. The Kier molecular flexibility index (Phi) is 7.30. The van der Waals surface area contributed by atoms with Gasteiger partial charge in [0.2, 0.25) is 5.91 Å². The van der Waals surface area contributed by atoms with Gasteiger partial charge in [0.25, 0.3) is 5.91 Å². The Labute approximate surface area is 235 Å². The van der Waals surface area contributed by atoms with Gasteiger partial charge in [-0.05, 0) is 84.5 Å². The van der Waals surface area contributed by atoms with E-state index in [-0.39, 0.29) is 11.8 Å². The molecule has 6 rings (SSSR count). The van der Waals surface area contributed by atoms with Gasteiger partial charge in [-0.3, -0.25) is 14.6 Å². The summed E-state index contributed by atoms with van der Waals surface area (Å²) in [5.41, 5.74) is 5.49. The molecule has 2 amide bonds. The van der Waals surface area contributed by atoms with Crippen molar-refractivity contribution >= 4 is 29.1 Å². The molecule has 0 N–H and O–H groups in total. The summed E-state index contributed by atoms with van der Waals surface area (Å²) in [6, 6.07) is 17.8. The van der Waals surface area contributed by atoms with Gasteiger partial charge in [-0.15, -0.1) is 0 Å². The number of anilines is 1. The molecule has 0 atom stereocenters. The number of benzene rings is 2. The quantitative estimate of drug-likeness (QED) is 0.444. The van der Waals surface area contributed by atoms with Gasteiger partial charge in [0.15, 0.2) is 0 Å². The number of rotatable bonds is 4. The molecule has 39 heavy (non-hydrogen) atoms. The number of amides is 2. The van der Waals surface area contributed by atoms with E-state index >= 15 is 0 Å². The highest BCUT2D eigenvalue weighted by molar-refractivity contribution is 6.31. The van der Waals surface area contributed by atoms with Gasteiger partial charge in [-0.2, -0.15) is 0 Å². The minimum atomic E-state index is 0.0711. The van der Waals surface area contributed by atoms with Crippen LogP contribution < -0.4 is 4.90 Å². The van der Waals surface area contributed by atoms with E-state index in [1.807, 2.05) is 58.6 Å². The molecule has 0 bridgehead atoms. The lowest BCUT2D eigenvalue weighted by Crippen LogP contribution is -2.48. The number of pyridine rings is 1. The molecule has 1 aromatic heterocycles. The largest absolute Gasteiger partial charge is 0.371 e. The summed E-state index contributed by atoms with van der Waals surface area (Å²) in [4.78, 5) is 37.1. The van der Waals surface area contributed by atoms with E-state index in [0.29, 0.717) is 29.9 Å². The first kappa shape index (κ1) is 25.9. The average molecular weight is 543 g/mol. The predicted molar refractivity (Wildman–Crippen MR) is 154 cm³/mol. The van der Waals surface area contributed by atoms with Crippen molar-refractivity contribution in [3.63, 3.8) is 0 Å². The van der Waals surface area contributed by atoms with Crippen LogP contribution in [-0.2, 0) is 24.2 Å². The van der Waals surface area contributed by atoms with Crippen LogP contribution in [0.5, 0.6) is 0 Å². The Morgan fingerprint density at radius 3 is 2.28 bits per heavy atom. The summed E-state index contributed by atoms with van der Waals surface area (Å²) in [6.07, 6.45) is 9.31. The van der Waals surface area contributed by atoms with Gasteiger partial charge in [-0.25, -0.2) is 0 Å². The number of aromatic nitrogens is 1. The number of likely N-dealkylation sites (tertiary alicyclic amines) is 1. The second-order valence-corrected chi connectivity index (χ2v) is 11.7. The zero-order valence-electron chi connectivity index (χ0n) is 22.3. The number of piperidine rings is 2. The lowest BCUT2D eigenvalue weighted by molar-refractivity contribution is -0.131. The van der Waals surface area contributed by atoms with E-state index in [9.17, 15) is 9.59 Å². The fraction of sp³-hybridized carbons (Fsp3) is 0.406. The number of carbonyl (C=O) groups is 2. The maximum absolute atomic E-state index is 13.5. The number of hydrogen-bond donors (Lipinski definition) is 0. The molecule has 0 aliphatic carbocycles. The van der Waals surface area contributed by atoms with Crippen LogP contribution in [0.25, 0.3) is 0 Å². The van der Waals surface area contributed by atoms with Crippen molar-refractivity contribution in [2.75, 3.05) is 37.6 Å². The van der Waals surface area contributed by atoms with Crippen LogP contribution in [0.3, 0.4) is 0 Å². The molecule has 0 unspecified atom stereocenters. The second kappa shape index (κ2) is 11.0. The topological polar surface area (TPSA) is 56.8 Å². The van der Waals surface area contributed by atoms with Crippen LogP contribution in [0.4, 0.5) is 5.69 Å². The van der Waals surface area contributed by atoms with E-state index in [2.05, 4.69) is 28.1 Å². The van der Waals surface area contributed by atoms with E-state index in [1.54, 1.807) is 0 Å². The SMILES string of the molecule is O=C(Cc1ccccc1Cl)N1CCc2ccc(C(=O)N3CCC4(CC3)CCN(c3ccncc3)CC4)cc2C1. The molecule has 1 spiro atoms. The first-order chi connectivity index (χ1) is 19.0. The molecule has 7 heteroatoms. The maximum atomic E-state index is 13.5. The molecule has 3 aromatic rings. The van der Waals surface area contributed by atoms with Crippen LogP contribution in [-0.4, -0.2) is 59.3 Å². The minimum Gasteiger partial charge on any atom is -0.371 e. The molecule has 3 aliphatic heterocycles. The zero-order chi connectivity index (χ0) is 26.8. The van der Waals surface area contributed by atoms with E-state index in [1.165, 1.54) is 24.1 Å². The van der Waals surface area contributed by atoms with Crippen LogP contribution in [0.1, 0.15) is 52.7 Å². The number of fused-ring (bicyclic) bond motifs is 1. The van der Waals surface area contributed by atoms with Crippen LogP contribution in [0.2, 0.25) is 5.02 Å². The molecule has 0 saturated carbocycles. The molecule has 4 heterocycles. The number of carbonyl (C=O) groups excluding carboxylic acids is 2. The first-order valence-electron chi connectivity index (χ1n) is 14.1. The van der Waals surface area contributed by atoms with Crippen molar-refractivity contribution in [1.29, 1.82) is 0 Å². The van der Waals surface area contributed by atoms with Crippen LogP contribution in [0, 0.1) is 5.41 Å². The average Bonchev–Trinajstić information content (AvgIpc) is 2.98. The molecule has 2 fully saturated rings. The van der Waals surface area contributed by atoms with E-state index in [4.69, 9.17) is 11.6 Å². The van der Waals surface area contributed by atoms with Gasteiger partial charge in [0, 0.05) is 67.9 Å². The predicted octanol–water partition coefficient (Wildman–Crippen LogP) is 5.39. The van der Waals surface area contributed by atoms with Crippen LogP contribution in [0.15, 0.2) is 67.0 Å². The fourth-order valence-corrected chi connectivity index (χ4v) is 6.68. The zero-order valence-corrected chi connectivity index (χ0v) is 23.1. The highest BCUT2D eigenvalue weighted by atomic mass is 35.5. The lowest BCUT2D eigenvalue weighted by Gasteiger charge is -2.47. The highest BCUT2D eigenvalue weighted by Gasteiger charge is 2.39. The minimum absolute atomic E-state index is 0.0711. The summed E-state index contributed by atoms with van der Waals surface area (Å²) in [7, 11) is 0. The summed E-state index contributed by atoms with van der Waals surface area (Å²) in [5.74, 6) is 0.183. The normalized spacial score (nSPS) is 18.6. The summed E-state index contributed by atoms with van der Waals surface area (Å²) in [5, 5.41) is 0.624. The smallest absolute Gasteiger partial charge is 0.253 e. The molecular formula is C32H35ClN4O2. The Hall–Kier alpha value is -3.38. The third-order valence-corrected chi connectivity index (χ3v) is 9.45. The third kappa shape index (κ3) is 5.53. The van der Waals surface area contributed by atoms with E-state index in [0.717, 1.165) is 62.1 Å². The Morgan fingerprint density at radius 2 is 1.54 bits per heavy atom. The Balaban J connectivity index is 1.06. The molecule has 2 saturated heterocycles. The van der Waals surface area contributed by atoms with Gasteiger partial charge in [-0.1, -0.05) is 35.9 Å². The second-order valence-electron chi connectivity index (χ2n) is 11.3. The molecule has 202 valence electrons. The van der Waals surface area contributed by atoms with Crippen molar-refractivity contribution in [1.82, 2.24) is 14.8 Å². The molecule has 6 nitrogen and oxygen atoms in total. The van der Waals surface area contributed by atoms with Gasteiger partial charge >= 0.3 is 0 Å². The molecular weight excluding hydrogens is 508 g/mol. The van der Waals surface area contributed by atoms with Crippen LogP contribution >= 0.6 is 11.6 Å². The molecule has 2 aromatic carbocycles. The van der Waals surface area contributed by atoms with Crippen molar-refractivity contribution in [3.8, 4) is 0 Å².